The van der Waals surface area contributed by atoms with Crippen molar-refractivity contribution in [2.75, 3.05) is 35.2 Å². The fourth-order valence-electron chi connectivity index (χ4n) is 0.650. The maximum absolute atomic E-state index is 5.91. The lowest BCUT2D eigenvalue weighted by atomic mass is 10.5. The third-order valence-corrected chi connectivity index (χ3v) is 1.09. The number of halogens is 1. The smallest absolute Gasteiger partial charge is 0.187 e. The summed E-state index contributed by atoms with van der Waals surface area (Å²) >= 11 is 5.91. The minimum atomic E-state index is 0.739. The summed E-state index contributed by atoms with van der Waals surface area (Å²) in [5, 5.41) is 0.766. The molecule has 0 aliphatic heterocycles. The molecular weight excluding hydrogens is 160 g/mol. The topological polar surface area (TPSA) is 3.01 Å². The van der Waals surface area contributed by atoms with Gasteiger partial charge in [0.05, 0.1) is 21.1 Å². The molecule has 0 aliphatic carbocycles. The van der Waals surface area contributed by atoms with Crippen molar-refractivity contribution in [2.45, 2.75) is 0 Å². The highest BCUT2D eigenvalue weighted by Crippen LogP contribution is 2.02. The van der Waals surface area contributed by atoms with Gasteiger partial charge in [0.15, 0.2) is 11.2 Å². The Morgan fingerprint density at radius 1 is 1.27 bits per heavy atom. The Kier molecular flexibility index (Phi) is 3.76. The average molecular weight is 177 g/mol. The summed E-state index contributed by atoms with van der Waals surface area (Å²) < 4.78 is 2.66. The van der Waals surface area contributed by atoms with Crippen molar-refractivity contribution in [2.24, 2.45) is 0 Å². The minimum Gasteiger partial charge on any atom is -0.303 e. The predicted molar refractivity (Wildman–Crippen MR) is 50.1 cm³/mol. The van der Waals surface area contributed by atoms with Gasteiger partial charge in [0.1, 0.15) is 20.3 Å². The standard InChI is InChI=1S/C8H17ClN2/c1-10(2)6-8(9)7-11(3,4)5/h6-7H,1-5H3/q+2. The molecule has 0 N–H and O–H groups in total. The fourth-order valence-corrected chi connectivity index (χ4v) is 1.14. The van der Waals surface area contributed by atoms with E-state index in [2.05, 4.69) is 21.1 Å². The van der Waals surface area contributed by atoms with Gasteiger partial charge in [0.25, 0.3) is 0 Å². The van der Waals surface area contributed by atoms with Crippen LogP contribution in [0.4, 0.5) is 0 Å². The zero-order valence-corrected chi connectivity index (χ0v) is 8.68. The van der Waals surface area contributed by atoms with Gasteiger partial charge < -0.3 is 4.48 Å². The number of allylic oxidation sites excluding steroid dienone is 1. The molecule has 0 heterocycles. The summed E-state index contributed by atoms with van der Waals surface area (Å²) in [5.41, 5.74) is 0. The molecule has 0 fully saturated rings. The summed E-state index contributed by atoms with van der Waals surface area (Å²) in [4.78, 5) is 0. The molecule has 0 aromatic rings. The van der Waals surface area contributed by atoms with Gasteiger partial charge in [-0.25, -0.2) is 4.58 Å². The molecule has 11 heavy (non-hydrogen) atoms. The van der Waals surface area contributed by atoms with E-state index in [1.807, 2.05) is 31.1 Å². The summed E-state index contributed by atoms with van der Waals surface area (Å²) in [6.07, 6.45) is 3.85. The summed E-state index contributed by atoms with van der Waals surface area (Å²) in [7, 11) is 10.1. The Hall–Kier alpha value is -0.340. The van der Waals surface area contributed by atoms with Crippen molar-refractivity contribution in [3.05, 3.63) is 11.2 Å². The molecule has 2 nitrogen and oxygen atoms in total. The molecule has 0 radical (unpaired) electrons. The molecule has 0 aromatic heterocycles. The van der Waals surface area contributed by atoms with E-state index in [4.69, 9.17) is 11.6 Å². The first-order chi connectivity index (χ1) is 4.81. The molecule has 0 aliphatic rings. The van der Waals surface area contributed by atoms with Crippen molar-refractivity contribution in [3.63, 3.8) is 0 Å². The van der Waals surface area contributed by atoms with Crippen molar-refractivity contribution < 1.29 is 9.06 Å². The van der Waals surface area contributed by atoms with Crippen LogP contribution in [0.25, 0.3) is 0 Å². The number of quaternary nitrogens is 1. The first-order valence-electron chi connectivity index (χ1n) is 3.52. The second-order valence-electron chi connectivity index (χ2n) is 3.72. The molecule has 0 rings (SSSR count). The lowest BCUT2D eigenvalue weighted by Gasteiger charge is -2.17. The van der Waals surface area contributed by atoms with Gasteiger partial charge in [-0.3, -0.25) is 0 Å². The normalized spacial score (nSPS) is 13.1. The Labute approximate surface area is 74.0 Å². The highest BCUT2D eigenvalue weighted by molar-refractivity contribution is 6.38. The van der Waals surface area contributed by atoms with Crippen LogP contribution in [0.2, 0.25) is 0 Å². The quantitative estimate of drug-likeness (QED) is 0.337. The molecule has 0 saturated heterocycles. The van der Waals surface area contributed by atoms with Gasteiger partial charge in [-0.2, -0.15) is 0 Å². The van der Waals surface area contributed by atoms with Crippen LogP contribution in [-0.4, -0.2) is 50.5 Å². The highest BCUT2D eigenvalue weighted by atomic mass is 35.5. The molecule has 0 bridgehead atoms. The molecule has 0 spiro atoms. The van der Waals surface area contributed by atoms with Crippen molar-refractivity contribution in [3.8, 4) is 0 Å². The third-order valence-electron chi connectivity index (χ3n) is 0.892. The largest absolute Gasteiger partial charge is 0.303 e. The monoisotopic (exact) mass is 176 g/mol. The van der Waals surface area contributed by atoms with Gasteiger partial charge >= 0.3 is 0 Å². The van der Waals surface area contributed by atoms with Crippen molar-refractivity contribution in [1.82, 2.24) is 0 Å². The molecule has 0 atom stereocenters. The van der Waals surface area contributed by atoms with Gasteiger partial charge in [0, 0.05) is 0 Å². The average Bonchev–Trinajstić information content (AvgIpc) is 1.53. The highest BCUT2D eigenvalue weighted by Gasteiger charge is 2.05. The van der Waals surface area contributed by atoms with Crippen LogP contribution in [0, 0.1) is 0 Å². The van der Waals surface area contributed by atoms with Gasteiger partial charge in [0.2, 0.25) is 0 Å². The van der Waals surface area contributed by atoms with Crippen LogP contribution < -0.4 is 0 Å². The zero-order chi connectivity index (χ0) is 9.07. The molecule has 0 saturated carbocycles. The Morgan fingerprint density at radius 2 is 1.73 bits per heavy atom. The van der Waals surface area contributed by atoms with Gasteiger partial charge in [-0.1, -0.05) is 11.6 Å². The summed E-state index contributed by atoms with van der Waals surface area (Å²) in [5.74, 6) is 0. The van der Waals surface area contributed by atoms with E-state index >= 15 is 0 Å². The van der Waals surface area contributed by atoms with E-state index in [9.17, 15) is 0 Å². The first kappa shape index (κ1) is 10.7. The minimum absolute atomic E-state index is 0.739. The van der Waals surface area contributed by atoms with Crippen LogP contribution in [0.15, 0.2) is 11.2 Å². The Bertz CT molecular complexity index is 183. The van der Waals surface area contributed by atoms with Crippen LogP contribution in [0.5, 0.6) is 0 Å². The maximum Gasteiger partial charge on any atom is 0.187 e. The zero-order valence-electron chi connectivity index (χ0n) is 7.93. The van der Waals surface area contributed by atoms with Crippen LogP contribution in [0.1, 0.15) is 0 Å². The number of hydrogen-bond donors (Lipinski definition) is 0. The molecule has 0 unspecified atom stereocenters. The number of rotatable bonds is 2. The van der Waals surface area contributed by atoms with E-state index in [1.54, 1.807) is 0 Å². The molecule has 0 aromatic carbocycles. The predicted octanol–water partition coefficient (Wildman–Crippen LogP) is 1.12. The molecule has 0 amide bonds. The SMILES string of the molecule is C[N+](C)=CC(Cl)=C[N+](C)(C)C. The number of hydrogen-bond acceptors (Lipinski definition) is 0. The van der Waals surface area contributed by atoms with E-state index in [1.165, 1.54) is 0 Å². The lowest BCUT2D eigenvalue weighted by Crippen LogP contribution is -2.27. The Balaban J connectivity index is 4.36. The van der Waals surface area contributed by atoms with Crippen LogP contribution in [-0.2, 0) is 0 Å². The van der Waals surface area contributed by atoms with E-state index < -0.39 is 0 Å². The Morgan fingerprint density at radius 3 is 2.00 bits per heavy atom. The fraction of sp³-hybridized carbons (Fsp3) is 0.625. The number of nitrogens with zero attached hydrogens (tertiary/aromatic N) is 2. The summed E-state index contributed by atoms with van der Waals surface area (Å²) in [6, 6.07) is 0. The maximum atomic E-state index is 5.91. The molecule has 64 valence electrons. The van der Waals surface area contributed by atoms with Crippen LogP contribution >= 0.6 is 11.6 Å². The van der Waals surface area contributed by atoms with E-state index in [0.717, 1.165) is 9.52 Å². The van der Waals surface area contributed by atoms with Crippen LogP contribution in [0.3, 0.4) is 0 Å². The summed E-state index contributed by atoms with van der Waals surface area (Å²) in [6.45, 7) is 0. The molecular formula is C8H17ClN2+2. The van der Waals surface area contributed by atoms with Crippen molar-refractivity contribution in [1.29, 1.82) is 0 Å². The lowest BCUT2D eigenvalue weighted by molar-refractivity contribution is -0.817. The second-order valence-corrected chi connectivity index (χ2v) is 4.16. The van der Waals surface area contributed by atoms with E-state index in [-0.39, 0.29) is 0 Å². The van der Waals surface area contributed by atoms with Gasteiger partial charge in [-0.15, -0.1) is 0 Å². The van der Waals surface area contributed by atoms with Crippen molar-refractivity contribution >= 4 is 17.8 Å². The second kappa shape index (κ2) is 3.88. The first-order valence-corrected chi connectivity index (χ1v) is 3.90. The molecule has 3 heteroatoms. The third kappa shape index (κ3) is 7.56. The van der Waals surface area contributed by atoms with E-state index in [0.29, 0.717) is 0 Å². The van der Waals surface area contributed by atoms with Gasteiger partial charge in [-0.05, 0) is 0 Å².